The SMILES string of the molecule is COc1cc(C)c(S(=O)(=O)N[C@@H](CC(=O)NCCCC(=O)NCCOCCOCCOCCO[C@H]2[C@H](C)[C@@H](C)[C@@H](O[C@H]3[C@H](C)[C@@H](C)[C@H](O[C@H]4[C@H](OS(=O)(=O)O)[C@@H](OS(=O)(=O)O)[C@@H](O[C@H]5[C@H](C)[C@@H](C)[C@H](O[C@H]6[C@H](C)[C@@H](OS(=O)(=O)O)[C@@H](C)O[C@@H]6COS(=O)(=O)O)O[C@H]5C(=O)O)O[C@@H]4COS(=O)(=O)O)O[C@@H]3C(=O)O)O[C@@H]2COS(=O)(=O)O)C(=O)N[C@H](Cc2ccc(C(=N)N)cc2)C(=O)N2CCCCC2)c(C)c1C. The van der Waals surface area contributed by atoms with Gasteiger partial charge in [0.25, 0.3) is 0 Å². The molecule has 2 aromatic carbocycles. The van der Waals surface area contributed by atoms with E-state index in [0.717, 1.165) is 19.3 Å². The first kappa shape index (κ1) is 119. The third kappa shape index (κ3) is 36.0. The van der Waals surface area contributed by atoms with E-state index in [-0.39, 0.29) is 89.3 Å². The average Bonchev–Trinajstić information content (AvgIpc) is 0.749. The number of carbonyl (C=O) groups excluding carboxylic acids is 4. The van der Waals surface area contributed by atoms with Crippen LogP contribution in [0.25, 0.3) is 0 Å². The number of amides is 4. The number of aryl methyl sites for hydroxylation is 1. The van der Waals surface area contributed by atoms with Crippen molar-refractivity contribution in [2.75, 3.05) is 99.4 Å². The molecule has 6 aliphatic rings. The fraction of sp³-hybridized carbons (Fsp3) is 0.759. The summed E-state index contributed by atoms with van der Waals surface area (Å²) in [5.41, 5.74) is 7.83. The number of piperidine rings is 1. The number of nitrogens with one attached hydrogen (secondary N) is 5. The fourth-order valence-corrected chi connectivity index (χ4v) is 21.2. The minimum absolute atomic E-state index is 0.0112. The lowest BCUT2D eigenvalue weighted by atomic mass is 9.82. The highest BCUT2D eigenvalue weighted by atomic mass is 32.3. The number of carbonyl (C=O) groups is 6. The van der Waals surface area contributed by atoms with Gasteiger partial charge in [0.1, 0.15) is 72.5 Å². The molecule has 6 fully saturated rings. The van der Waals surface area contributed by atoms with Crippen LogP contribution in [-0.2, 0) is 194 Å². The van der Waals surface area contributed by atoms with Gasteiger partial charge in [-0.05, 0) is 99.5 Å². The van der Waals surface area contributed by atoms with Crippen molar-refractivity contribution in [1.29, 1.82) is 5.41 Å². The van der Waals surface area contributed by atoms with Crippen LogP contribution < -0.4 is 31.1 Å². The highest BCUT2D eigenvalue weighted by Crippen LogP contribution is 2.45. The molecular weight excluding hydrogens is 2040 g/mol. The molecule has 62 heteroatoms. The van der Waals surface area contributed by atoms with Crippen molar-refractivity contribution in [3.63, 3.8) is 0 Å². The number of rotatable bonds is 54. The van der Waals surface area contributed by atoms with E-state index in [4.69, 9.17) is 94.2 Å². The molecule has 0 saturated carbocycles. The van der Waals surface area contributed by atoms with Gasteiger partial charge in [0.2, 0.25) is 33.7 Å². The summed E-state index contributed by atoms with van der Waals surface area (Å²) in [7, 11) is -36.5. The van der Waals surface area contributed by atoms with E-state index in [9.17, 15) is 125 Å². The Morgan fingerprint density at radius 3 is 1.42 bits per heavy atom. The van der Waals surface area contributed by atoms with Crippen LogP contribution in [0.4, 0.5) is 0 Å². The molecule has 6 aliphatic heterocycles. The molecule has 4 amide bonds. The van der Waals surface area contributed by atoms with Gasteiger partial charge in [-0.1, -0.05) is 72.7 Å². The van der Waals surface area contributed by atoms with Crippen LogP contribution >= 0.6 is 0 Å². The van der Waals surface area contributed by atoms with Crippen molar-refractivity contribution in [3.8, 4) is 5.75 Å². The summed E-state index contributed by atoms with van der Waals surface area (Å²) in [6.07, 6.45) is -34.5. The Hall–Kier alpha value is -6.86. The quantitative estimate of drug-likeness (QED) is 0.0163. The number of sulfonamides is 1. The number of methoxy groups -OCH3 is 1. The molecule has 55 nitrogen and oxygen atoms in total. The zero-order chi connectivity index (χ0) is 105. The van der Waals surface area contributed by atoms with Crippen LogP contribution in [0, 0.1) is 67.6 Å². The molecule has 2 aromatic rings. The van der Waals surface area contributed by atoms with Crippen molar-refractivity contribution < 1.29 is 217 Å². The average molecular weight is 2170 g/mol. The monoisotopic (exact) mass is 2160 g/mol. The van der Waals surface area contributed by atoms with E-state index in [1.165, 1.54) is 54.7 Å². The highest BCUT2D eigenvalue weighted by molar-refractivity contribution is 7.89. The fourth-order valence-electron chi connectivity index (χ4n) is 17.0. The summed E-state index contributed by atoms with van der Waals surface area (Å²) >= 11 is 0. The number of carboxylic acid groups (broad SMARTS) is 2. The van der Waals surface area contributed by atoms with E-state index in [1.54, 1.807) is 63.8 Å². The number of carboxylic acids is 2. The highest BCUT2D eigenvalue weighted by Gasteiger charge is 2.60. The maximum Gasteiger partial charge on any atom is 0.397 e. The van der Waals surface area contributed by atoms with Crippen molar-refractivity contribution in [2.24, 2.45) is 47.2 Å². The maximum absolute atomic E-state index is 14.5. The third-order valence-corrected chi connectivity index (χ3v) is 29.2. The molecular formula is C79H125N7O48S7. The van der Waals surface area contributed by atoms with Crippen molar-refractivity contribution in [1.82, 2.24) is 25.6 Å². The van der Waals surface area contributed by atoms with E-state index in [1.807, 2.05) is 0 Å². The normalized spacial score (nSPS) is 29.9. The second kappa shape index (κ2) is 52.1. The molecule has 141 heavy (non-hydrogen) atoms. The molecule has 0 aliphatic carbocycles. The lowest BCUT2D eigenvalue weighted by Crippen LogP contribution is -2.66. The number of hydrogen-bond donors (Lipinski definition) is 14. The number of amidine groups is 1. The third-order valence-electron chi connectivity index (χ3n) is 24.7. The lowest BCUT2D eigenvalue weighted by Gasteiger charge is -2.51. The van der Waals surface area contributed by atoms with Gasteiger partial charge in [0.15, 0.2) is 43.5 Å². The number of nitrogens with two attached hydrogens (primary N) is 1. The van der Waals surface area contributed by atoms with Crippen LogP contribution in [-0.4, -0.2) is 365 Å². The standard InChI is InChI=1S/C79H125N7O48S7/c1-39-33-54(115-12)40(2)44(6)70(39)135(95,96)85-52(72(89)84-53(73(90)86-24-14-13-15-25-86)34-50-18-20-51(21-19-50)71(80)81)35-59(88)82-22-16-17-58(87)83-23-26-116-27-28-117-29-30-118-31-32-119-61-41(3)45(7)76(124-55(61)36-120-136(97,98)99)127-63-42(4)47(9)78(131-67(63)74(91)92)129-65-57(38-122-138(103,104)105)125-79(69(134-141(112,113)114)66(65)133-140(109,110)111)128-64-43(5)46(8)77(130-68(64)75(93)94)126-62-48(10)60(132-139(106,107)108)49(11)123-56(62)37-121-137(100,101)102/h18-21,33,41-43,45-49,52-53,55-57,60-69,76-79,85H,13-17,22-32,34-38H2,1-12H3,(H3,80,81)(H,82,88)(H,83,87)(H,84,89)(H,91,92)(H,93,94)(H,97,98,99)(H,100,101,102)(H,103,104,105)(H,106,107,108)(H,109,110,111)(H,112,113,114)/t41-,42-,43-,45-,46-,47-,48-,49-,52+,53-,55-,56-,57-,60-,61+,62+,63+,64+,65-,66+,67+,68-,69-,76-,77-,78-,79-/m1/s1. The number of aliphatic carboxylic acids is 2. The molecule has 0 unspecified atom stereocenters. The predicted molar refractivity (Wildman–Crippen MR) is 477 cm³/mol. The van der Waals surface area contributed by atoms with Gasteiger partial charge in [-0.25, -0.2) is 43.1 Å². The molecule has 0 aromatic heterocycles. The van der Waals surface area contributed by atoms with E-state index in [2.05, 4.69) is 29.0 Å². The first-order valence-electron chi connectivity index (χ1n) is 44.3. The zero-order valence-corrected chi connectivity index (χ0v) is 84.3. The summed E-state index contributed by atoms with van der Waals surface area (Å²) in [5, 5.41) is 37.4. The van der Waals surface area contributed by atoms with Crippen LogP contribution in [0.2, 0.25) is 0 Å². The summed E-state index contributed by atoms with van der Waals surface area (Å²) in [5.74, 6) is -14.1. The number of likely N-dealkylation sites (tertiary alicyclic amines) is 1. The van der Waals surface area contributed by atoms with Crippen molar-refractivity contribution in [2.45, 2.75) is 249 Å². The molecule has 8 rings (SSSR count). The first-order chi connectivity index (χ1) is 65.6. The molecule has 6 heterocycles. The van der Waals surface area contributed by atoms with E-state index < -0.39 is 298 Å². The second-order valence-corrected chi connectivity index (χ2v) is 42.7. The van der Waals surface area contributed by atoms with Gasteiger partial charge >= 0.3 is 74.3 Å². The Labute approximate surface area is 816 Å². The van der Waals surface area contributed by atoms with Gasteiger partial charge in [-0.3, -0.25) is 51.9 Å². The smallest absolute Gasteiger partial charge is 0.397 e. The van der Waals surface area contributed by atoms with Gasteiger partial charge < -0.3 is 103 Å². The molecule has 6 saturated heterocycles. The number of ether oxygens (including phenoxy) is 14. The largest absolute Gasteiger partial charge is 0.496 e. The summed E-state index contributed by atoms with van der Waals surface area (Å²) in [6, 6.07) is 5.09. The van der Waals surface area contributed by atoms with Crippen LogP contribution in [0.5, 0.6) is 5.75 Å². The minimum Gasteiger partial charge on any atom is -0.496 e. The zero-order valence-electron chi connectivity index (χ0n) is 78.6. The van der Waals surface area contributed by atoms with Gasteiger partial charge in [0.05, 0.1) is 103 Å². The van der Waals surface area contributed by atoms with Crippen LogP contribution in [0.3, 0.4) is 0 Å². The van der Waals surface area contributed by atoms with Crippen LogP contribution in [0.15, 0.2) is 35.2 Å². The van der Waals surface area contributed by atoms with E-state index >= 15 is 0 Å². The topological polar surface area (TPSA) is 789 Å². The summed E-state index contributed by atoms with van der Waals surface area (Å²) in [4.78, 5) is 83.3. The van der Waals surface area contributed by atoms with Crippen LogP contribution in [0.1, 0.15) is 122 Å². The molecule has 27 atom stereocenters. The summed E-state index contributed by atoms with van der Waals surface area (Å²) < 4.78 is 349. The molecule has 0 bridgehead atoms. The lowest BCUT2D eigenvalue weighted by molar-refractivity contribution is -0.368. The van der Waals surface area contributed by atoms with Gasteiger partial charge in [-0.2, -0.15) is 55.2 Å². The summed E-state index contributed by atoms with van der Waals surface area (Å²) in [6.45, 7) is 13.0. The minimum atomic E-state index is -6.05. The first-order valence-corrected chi connectivity index (χ1v) is 54.0. The second-order valence-electron chi connectivity index (χ2n) is 34.6. The Morgan fingerprint density at radius 2 is 0.922 bits per heavy atom. The Morgan fingerprint density at radius 1 is 0.482 bits per heavy atom. The van der Waals surface area contributed by atoms with Crippen molar-refractivity contribution >= 4 is 114 Å². The Kier molecular flexibility index (Phi) is 44.1. The Balaban J connectivity index is 0.827. The van der Waals surface area contributed by atoms with Crippen molar-refractivity contribution in [3.05, 3.63) is 58.1 Å². The number of benzene rings is 2. The molecule has 15 N–H and O–H groups in total. The maximum atomic E-state index is 14.5. The number of hydrogen-bond acceptors (Lipinski definition) is 41. The molecule has 0 radical (unpaired) electrons. The molecule has 0 spiro atoms. The number of nitrogens with zero attached hydrogens (tertiary/aromatic N) is 1. The number of nitrogen functional groups attached to an aromatic ring is 1. The predicted octanol–water partition coefficient (Wildman–Crippen LogP) is -0.999. The van der Waals surface area contributed by atoms with Gasteiger partial charge in [0, 0.05) is 68.3 Å². The van der Waals surface area contributed by atoms with E-state index in [0.29, 0.717) is 46.7 Å². The Bertz CT molecular complexity index is 5420. The molecule has 806 valence electrons. The van der Waals surface area contributed by atoms with Gasteiger partial charge in [-0.15, -0.1) is 0 Å².